The second-order valence-corrected chi connectivity index (χ2v) is 8.30. The maximum atomic E-state index is 11.8. The molecule has 1 saturated carbocycles. The minimum absolute atomic E-state index is 0.0242. The predicted octanol–water partition coefficient (Wildman–Crippen LogP) is 4.48. The number of ether oxygens (including phenoxy) is 1. The van der Waals surface area contributed by atoms with Crippen molar-refractivity contribution in [1.82, 2.24) is 15.5 Å². The zero-order valence-electron chi connectivity index (χ0n) is 16.9. The summed E-state index contributed by atoms with van der Waals surface area (Å²) < 4.78 is 5.51. The molecule has 2 aromatic rings. The molecule has 152 valence electrons. The number of H-pyrrole nitrogens is 1. The number of anilines is 2. The largest absolute Gasteiger partial charge is 0.446 e. The lowest BCUT2D eigenvalue weighted by Gasteiger charge is -2.14. The number of hydrogen-bond donors (Lipinski definition) is 3. The van der Waals surface area contributed by atoms with Crippen molar-refractivity contribution < 1.29 is 9.53 Å². The molecule has 4 rings (SSSR count). The van der Waals surface area contributed by atoms with E-state index in [-0.39, 0.29) is 24.2 Å². The van der Waals surface area contributed by atoms with E-state index in [0.29, 0.717) is 5.92 Å². The Labute approximate surface area is 170 Å². The fourth-order valence-corrected chi connectivity index (χ4v) is 4.34. The van der Waals surface area contributed by atoms with Gasteiger partial charge in [-0.15, -0.1) is 0 Å². The number of aromatic amines is 1. The SMILES string of the molecule is CC(C)NC(=O)O[C@@H]1CC[C@H](c2cc(Nc3ccc4c(c3)CCC4C#N)n[nH]2)C1. The molecule has 1 unspecified atom stereocenters. The van der Waals surface area contributed by atoms with Crippen LogP contribution < -0.4 is 10.6 Å². The van der Waals surface area contributed by atoms with E-state index in [1.807, 2.05) is 32.0 Å². The van der Waals surface area contributed by atoms with Gasteiger partial charge >= 0.3 is 6.09 Å². The van der Waals surface area contributed by atoms with Gasteiger partial charge < -0.3 is 15.4 Å². The monoisotopic (exact) mass is 393 g/mol. The summed E-state index contributed by atoms with van der Waals surface area (Å²) in [4.78, 5) is 11.8. The van der Waals surface area contributed by atoms with Gasteiger partial charge in [-0.3, -0.25) is 5.10 Å². The Bertz CT molecular complexity index is 930. The molecule has 1 aromatic heterocycles. The molecule has 2 aliphatic rings. The van der Waals surface area contributed by atoms with E-state index in [1.165, 1.54) is 5.56 Å². The highest BCUT2D eigenvalue weighted by atomic mass is 16.6. The van der Waals surface area contributed by atoms with E-state index in [9.17, 15) is 10.1 Å². The van der Waals surface area contributed by atoms with Crippen molar-refractivity contribution in [3.05, 3.63) is 41.1 Å². The minimum Gasteiger partial charge on any atom is -0.446 e. The lowest BCUT2D eigenvalue weighted by Crippen LogP contribution is -2.33. The van der Waals surface area contributed by atoms with E-state index in [1.54, 1.807) is 0 Å². The van der Waals surface area contributed by atoms with Crippen molar-refractivity contribution >= 4 is 17.6 Å². The Morgan fingerprint density at radius 3 is 2.97 bits per heavy atom. The van der Waals surface area contributed by atoms with Gasteiger partial charge in [-0.25, -0.2) is 4.79 Å². The molecule has 0 spiro atoms. The van der Waals surface area contributed by atoms with Crippen LogP contribution in [0.1, 0.15) is 68.2 Å². The number of aromatic nitrogens is 2. The first-order valence-corrected chi connectivity index (χ1v) is 10.3. The minimum atomic E-state index is -0.340. The van der Waals surface area contributed by atoms with Crippen LogP contribution in [0.2, 0.25) is 0 Å². The molecule has 0 radical (unpaired) electrons. The maximum absolute atomic E-state index is 11.8. The van der Waals surface area contributed by atoms with Crippen molar-refractivity contribution in [2.24, 2.45) is 0 Å². The molecule has 3 N–H and O–H groups in total. The van der Waals surface area contributed by atoms with Crippen molar-refractivity contribution in [3.63, 3.8) is 0 Å². The molecule has 1 fully saturated rings. The summed E-state index contributed by atoms with van der Waals surface area (Å²) in [6.07, 6.45) is 4.10. The first-order chi connectivity index (χ1) is 14.0. The number of benzene rings is 1. The Kier molecular flexibility index (Phi) is 5.43. The second kappa shape index (κ2) is 8.16. The molecule has 0 aliphatic heterocycles. The Morgan fingerprint density at radius 2 is 2.17 bits per heavy atom. The number of hydrogen-bond acceptors (Lipinski definition) is 5. The molecular weight excluding hydrogens is 366 g/mol. The number of carbonyl (C=O) groups excluding carboxylic acids is 1. The van der Waals surface area contributed by atoms with Crippen LogP contribution in [-0.2, 0) is 11.2 Å². The Hall–Kier alpha value is -3.01. The fourth-order valence-electron chi connectivity index (χ4n) is 4.34. The summed E-state index contributed by atoms with van der Waals surface area (Å²) in [5.41, 5.74) is 4.44. The number of aryl methyl sites for hydroxylation is 1. The lowest BCUT2D eigenvalue weighted by atomic mass is 10.0. The van der Waals surface area contributed by atoms with Crippen LogP contribution in [0.4, 0.5) is 16.3 Å². The Morgan fingerprint density at radius 1 is 1.31 bits per heavy atom. The first kappa shape index (κ1) is 19.3. The molecule has 0 saturated heterocycles. The number of fused-ring (bicyclic) bond motifs is 1. The van der Waals surface area contributed by atoms with Gasteiger partial charge in [-0.1, -0.05) is 6.07 Å². The molecule has 1 aromatic carbocycles. The highest BCUT2D eigenvalue weighted by molar-refractivity contribution is 5.67. The third-order valence-electron chi connectivity index (χ3n) is 5.75. The van der Waals surface area contributed by atoms with Gasteiger partial charge in [0.15, 0.2) is 5.82 Å². The fraction of sp³-hybridized carbons (Fsp3) is 0.500. The van der Waals surface area contributed by atoms with Crippen molar-refractivity contribution in [2.75, 3.05) is 5.32 Å². The average Bonchev–Trinajstić information content (AvgIpc) is 3.40. The van der Waals surface area contributed by atoms with E-state index < -0.39 is 0 Å². The van der Waals surface area contributed by atoms with Crippen LogP contribution in [0.3, 0.4) is 0 Å². The standard InChI is InChI=1S/C22H27N5O2/c1-13(2)24-22(28)29-18-7-5-15(10-18)20-11-21(27-26-20)25-17-6-8-19-14(9-17)3-4-16(19)12-23/h6,8-9,11,13,15-16,18H,3-5,7,10H2,1-2H3,(H,24,28)(H2,25,26,27)/t15-,16?,18+/m0/s1. The number of amides is 1. The van der Waals surface area contributed by atoms with E-state index >= 15 is 0 Å². The van der Waals surface area contributed by atoms with E-state index in [4.69, 9.17) is 4.74 Å². The van der Waals surface area contributed by atoms with Gasteiger partial charge in [0, 0.05) is 29.4 Å². The number of rotatable bonds is 5. The molecule has 2 aliphatic carbocycles. The first-order valence-electron chi connectivity index (χ1n) is 10.3. The van der Waals surface area contributed by atoms with Crippen LogP contribution in [0.15, 0.2) is 24.3 Å². The molecule has 3 atom stereocenters. The molecule has 0 bridgehead atoms. The van der Waals surface area contributed by atoms with Gasteiger partial charge in [0.25, 0.3) is 0 Å². The molecule has 1 amide bonds. The summed E-state index contributed by atoms with van der Waals surface area (Å²) in [6, 6.07) is 10.7. The van der Waals surface area contributed by atoms with E-state index in [0.717, 1.165) is 54.9 Å². The summed E-state index contributed by atoms with van der Waals surface area (Å²) in [6.45, 7) is 3.83. The molecule has 29 heavy (non-hydrogen) atoms. The highest BCUT2D eigenvalue weighted by Crippen LogP contribution is 2.37. The van der Waals surface area contributed by atoms with Crippen molar-refractivity contribution in [2.45, 2.75) is 69.9 Å². The second-order valence-electron chi connectivity index (χ2n) is 8.30. The summed E-state index contributed by atoms with van der Waals surface area (Å²) in [7, 11) is 0. The number of carbonyl (C=O) groups is 1. The van der Waals surface area contributed by atoms with Gasteiger partial charge in [0.05, 0.1) is 12.0 Å². The number of nitrogens with one attached hydrogen (secondary N) is 3. The van der Waals surface area contributed by atoms with Gasteiger partial charge in [-0.2, -0.15) is 10.4 Å². The number of nitriles is 1. The maximum Gasteiger partial charge on any atom is 0.407 e. The summed E-state index contributed by atoms with van der Waals surface area (Å²) >= 11 is 0. The predicted molar refractivity (Wildman–Crippen MR) is 110 cm³/mol. The topological polar surface area (TPSA) is 103 Å². The van der Waals surface area contributed by atoms with Crippen LogP contribution in [-0.4, -0.2) is 28.4 Å². The third kappa shape index (κ3) is 4.37. The summed E-state index contributed by atoms with van der Waals surface area (Å²) in [5.74, 6) is 1.11. The zero-order valence-corrected chi connectivity index (χ0v) is 16.9. The van der Waals surface area contributed by atoms with Gasteiger partial charge in [0.1, 0.15) is 6.10 Å². The van der Waals surface area contributed by atoms with Crippen molar-refractivity contribution in [1.29, 1.82) is 5.26 Å². The molecule has 7 heteroatoms. The van der Waals surface area contributed by atoms with Gasteiger partial charge in [0.2, 0.25) is 0 Å². The normalized spacial score (nSPS) is 22.9. The van der Waals surface area contributed by atoms with Gasteiger partial charge in [-0.05, 0) is 69.2 Å². The number of nitrogens with zero attached hydrogens (tertiary/aromatic N) is 2. The molecule has 1 heterocycles. The van der Waals surface area contributed by atoms with Crippen LogP contribution in [0, 0.1) is 11.3 Å². The number of alkyl carbamates (subject to hydrolysis) is 1. The highest BCUT2D eigenvalue weighted by Gasteiger charge is 2.30. The smallest absolute Gasteiger partial charge is 0.407 e. The quantitative estimate of drug-likeness (QED) is 0.695. The third-order valence-corrected chi connectivity index (χ3v) is 5.75. The van der Waals surface area contributed by atoms with Crippen LogP contribution >= 0.6 is 0 Å². The zero-order chi connectivity index (χ0) is 20.4. The molecular formula is C22H27N5O2. The summed E-state index contributed by atoms with van der Waals surface area (Å²) in [5, 5.41) is 22.9. The molecule has 7 nitrogen and oxygen atoms in total. The van der Waals surface area contributed by atoms with Crippen molar-refractivity contribution in [3.8, 4) is 6.07 Å². The Balaban J connectivity index is 1.35. The van der Waals surface area contributed by atoms with E-state index in [2.05, 4.69) is 33.0 Å². The lowest BCUT2D eigenvalue weighted by molar-refractivity contribution is 0.0981. The van der Waals surface area contributed by atoms with Crippen LogP contribution in [0.5, 0.6) is 0 Å². The average molecular weight is 393 g/mol. The van der Waals surface area contributed by atoms with Crippen LogP contribution in [0.25, 0.3) is 0 Å².